The fourth-order valence-corrected chi connectivity index (χ4v) is 3.33. The van der Waals surface area contributed by atoms with Gasteiger partial charge in [-0.2, -0.15) is 0 Å². The van der Waals surface area contributed by atoms with Crippen molar-refractivity contribution < 1.29 is 14.2 Å². The molecule has 0 aliphatic carbocycles. The van der Waals surface area contributed by atoms with E-state index in [4.69, 9.17) is 14.2 Å². The van der Waals surface area contributed by atoms with Crippen molar-refractivity contribution in [1.29, 1.82) is 0 Å². The molecule has 0 bridgehead atoms. The summed E-state index contributed by atoms with van der Waals surface area (Å²) in [6.45, 7) is 7.95. The van der Waals surface area contributed by atoms with E-state index in [0.29, 0.717) is 19.8 Å². The van der Waals surface area contributed by atoms with Crippen molar-refractivity contribution in [3.63, 3.8) is 0 Å². The lowest BCUT2D eigenvalue weighted by molar-refractivity contribution is 0.297. The Balaban J connectivity index is 2.96. The molecular weight excluding hydrogens is 228 g/mol. The molecule has 0 spiro atoms. The second-order valence-corrected chi connectivity index (χ2v) is 4.88. The van der Waals surface area contributed by atoms with Crippen LogP contribution in [0, 0.1) is 0 Å². The first-order valence-electron chi connectivity index (χ1n) is 5.26. The van der Waals surface area contributed by atoms with Gasteiger partial charge in [0, 0.05) is 15.4 Å². The SMILES string of the molecule is CCOc1sc(OCC)c(OCC)c1[SiH3]. The van der Waals surface area contributed by atoms with E-state index in [1.165, 1.54) is 5.19 Å². The van der Waals surface area contributed by atoms with Crippen LogP contribution in [-0.4, -0.2) is 30.1 Å². The highest BCUT2D eigenvalue weighted by Crippen LogP contribution is 2.39. The van der Waals surface area contributed by atoms with Crippen molar-refractivity contribution in [3.8, 4) is 15.9 Å². The van der Waals surface area contributed by atoms with Crippen LogP contribution in [0.15, 0.2) is 0 Å². The predicted molar refractivity (Wildman–Crippen MR) is 67.4 cm³/mol. The minimum atomic E-state index is 0.660. The highest BCUT2D eigenvalue weighted by Gasteiger charge is 2.17. The van der Waals surface area contributed by atoms with Crippen LogP contribution >= 0.6 is 11.3 Å². The zero-order valence-corrected chi connectivity index (χ0v) is 12.6. The van der Waals surface area contributed by atoms with E-state index in [9.17, 15) is 0 Å². The van der Waals surface area contributed by atoms with Crippen molar-refractivity contribution in [2.45, 2.75) is 20.8 Å². The molecule has 15 heavy (non-hydrogen) atoms. The van der Waals surface area contributed by atoms with Gasteiger partial charge >= 0.3 is 0 Å². The molecule has 86 valence electrons. The molecule has 0 saturated heterocycles. The molecule has 0 saturated carbocycles. The van der Waals surface area contributed by atoms with E-state index in [2.05, 4.69) is 0 Å². The first kappa shape index (κ1) is 12.4. The third-order valence-corrected chi connectivity index (χ3v) is 4.23. The smallest absolute Gasteiger partial charge is 0.220 e. The lowest BCUT2D eigenvalue weighted by Gasteiger charge is -2.05. The number of ether oxygens (including phenoxy) is 3. The van der Waals surface area contributed by atoms with Gasteiger partial charge in [0.15, 0.2) is 10.8 Å². The monoisotopic (exact) mass is 246 g/mol. The Bertz CT molecular complexity index is 312. The Morgan fingerprint density at radius 1 is 0.933 bits per heavy atom. The van der Waals surface area contributed by atoms with Gasteiger partial charge in [0.1, 0.15) is 0 Å². The molecule has 0 aliphatic rings. The average Bonchev–Trinajstić information content (AvgIpc) is 2.49. The molecule has 1 rings (SSSR count). The Labute approximate surface area is 97.8 Å². The molecule has 0 amide bonds. The molecule has 5 heteroatoms. The molecule has 3 nitrogen and oxygen atoms in total. The third-order valence-electron chi connectivity index (χ3n) is 1.86. The number of rotatable bonds is 6. The first-order chi connectivity index (χ1) is 7.24. The van der Waals surface area contributed by atoms with Crippen molar-refractivity contribution in [2.75, 3.05) is 19.8 Å². The zero-order chi connectivity index (χ0) is 11.3. The molecule has 0 aromatic carbocycles. The summed E-state index contributed by atoms with van der Waals surface area (Å²) in [4.78, 5) is 0. The van der Waals surface area contributed by atoms with Gasteiger partial charge in [-0.05, 0) is 20.8 Å². The second kappa shape index (κ2) is 6.02. The van der Waals surface area contributed by atoms with Crippen molar-refractivity contribution in [1.82, 2.24) is 0 Å². The normalized spacial score (nSPS) is 10.3. The van der Waals surface area contributed by atoms with Gasteiger partial charge in [-0.25, -0.2) is 0 Å². The highest BCUT2D eigenvalue weighted by atomic mass is 32.1. The molecule has 0 aliphatic heterocycles. The van der Waals surface area contributed by atoms with E-state index in [-0.39, 0.29) is 0 Å². The van der Waals surface area contributed by atoms with E-state index in [1.807, 2.05) is 20.8 Å². The van der Waals surface area contributed by atoms with Gasteiger partial charge in [0.2, 0.25) is 5.06 Å². The molecule has 0 atom stereocenters. The molecule has 0 radical (unpaired) electrons. The summed E-state index contributed by atoms with van der Waals surface area (Å²) >= 11 is 1.54. The average molecular weight is 246 g/mol. The first-order valence-corrected chi connectivity index (χ1v) is 7.07. The van der Waals surface area contributed by atoms with E-state index >= 15 is 0 Å². The standard InChI is InChI=1S/C10H18O3SSi/c1-4-11-7-8(15)10(13-6-3)14-9(7)12-5-2/h4-6H2,1-3,15H3. The van der Waals surface area contributed by atoms with Crippen LogP contribution in [0.3, 0.4) is 0 Å². The lowest BCUT2D eigenvalue weighted by atomic mass is 10.5. The topological polar surface area (TPSA) is 27.7 Å². The molecule has 1 aromatic heterocycles. The highest BCUT2D eigenvalue weighted by molar-refractivity contribution is 7.17. The zero-order valence-electron chi connectivity index (χ0n) is 9.75. The Kier molecular flexibility index (Phi) is 4.97. The quantitative estimate of drug-likeness (QED) is 0.699. The lowest BCUT2D eigenvalue weighted by Crippen LogP contribution is -2.10. The molecule has 1 heterocycles. The van der Waals surface area contributed by atoms with Gasteiger partial charge < -0.3 is 14.2 Å². The van der Waals surface area contributed by atoms with Crippen LogP contribution in [-0.2, 0) is 0 Å². The fourth-order valence-electron chi connectivity index (χ4n) is 1.26. The number of thiophene rings is 1. The summed E-state index contributed by atoms with van der Waals surface area (Å²) in [5.41, 5.74) is 0. The van der Waals surface area contributed by atoms with Gasteiger partial charge in [0.05, 0.1) is 19.8 Å². The Hall–Kier alpha value is -0.683. The summed E-state index contributed by atoms with van der Waals surface area (Å²) in [6.07, 6.45) is 0. The van der Waals surface area contributed by atoms with Crippen molar-refractivity contribution in [2.24, 2.45) is 0 Å². The minimum Gasteiger partial charge on any atom is -0.489 e. The van der Waals surface area contributed by atoms with E-state index in [0.717, 1.165) is 26.1 Å². The predicted octanol–water partition coefficient (Wildman–Crippen LogP) is 0.935. The molecule has 0 fully saturated rings. The van der Waals surface area contributed by atoms with E-state index < -0.39 is 0 Å². The van der Waals surface area contributed by atoms with Gasteiger partial charge in [-0.15, -0.1) is 0 Å². The van der Waals surface area contributed by atoms with Gasteiger partial charge in [-0.3, -0.25) is 0 Å². The second-order valence-electron chi connectivity index (χ2n) is 2.93. The minimum absolute atomic E-state index is 0.660. The van der Waals surface area contributed by atoms with Crippen LogP contribution in [0.25, 0.3) is 0 Å². The molecule has 1 aromatic rings. The number of hydrogen-bond donors (Lipinski definition) is 0. The van der Waals surface area contributed by atoms with Crippen LogP contribution in [0.1, 0.15) is 20.8 Å². The van der Waals surface area contributed by atoms with Crippen LogP contribution in [0.5, 0.6) is 15.9 Å². The summed E-state index contributed by atoms with van der Waals surface area (Å²) < 4.78 is 16.7. The third kappa shape index (κ3) is 2.88. The van der Waals surface area contributed by atoms with Crippen LogP contribution in [0.4, 0.5) is 0 Å². The van der Waals surface area contributed by atoms with Crippen molar-refractivity contribution >= 4 is 26.8 Å². The van der Waals surface area contributed by atoms with Gasteiger partial charge in [-0.1, -0.05) is 11.3 Å². The molecule has 0 unspecified atom stereocenters. The molecule has 0 N–H and O–H groups in total. The van der Waals surface area contributed by atoms with Gasteiger partial charge in [0.25, 0.3) is 0 Å². The Morgan fingerprint density at radius 3 is 2.00 bits per heavy atom. The maximum atomic E-state index is 5.59. The summed E-state index contributed by atoms with van der Waals surface area (Å²) in [5, 5.41) is 2.98. The maximum Gasteiger partial charge on any atom is 0.220 e. The Morgan fingerprint density at radius 2 is 1.47 bits per heavy atom. The largest absolute Gasteiger partial charge is 0.489 e. The maximum absolute atomic E-state index is 5.59. The number of hydrogen-bond acceptors (Lipinski definition) is 4. The van der Waals surface area contributed by atoms with Crippen LogP contribution in [0.2, 0.25) is 0 Å². The summed E-state index contributed by atoms with van der Waals surface area (Å²) in [7, 11) is 0.914. The fraction of sp³-hybridized carbons (Fsp3) is 0.600. The summed E-state index contributed by atoms with van der Waals surface area (Å²) in [5.74, 6) is 0.888. The van der Waals surface area contributed by atoms with Crippen LogP contribution < -0.4 is 19.4 Å². The summed E-state index contributed by atoms with van der Waals surface area (Å²) in [6, 6.07) is 0. The molecular formula is C10H18O3SSi. The van der Waals surface area contributed by atoms with E-state index in [1.54, 1.807) is 11.3 Å². The van der Waals surface area contributed by atoms with Crippen molar-refractivity contribution in [3.05, 3.63) is 0 Å².